The van der Waals surface area contributed by atoms with Crippen LogP contribution in [0.5, 0.6) is 5.88 Å². The molecule has 0 aromatic carbocycles. The third-order valence-corrected chi connectivity index (χ3v) is 10.5. The van der Waals surface area contributed by atoms with Gasteiger partial charge >= 0.3 is 0 Å². The maximum Gasteiger partial charge on any atom is 0.268 e. The molecule has 1 saturated heterocycles. The molecule has 1 fully saturated rings. The summed E-state index contributed by atoms with van der Waals surface area (Å²) in [4.78, 5) is 28.5. The molecule has 0 bridgehead atoms. The molecule has 1 aliphatic rings. The van der Waals surface area contributed by atoms with Crippen molar-refractivity contribution in [3.63, 3.8) is 0 Å². The molecule has 4 heterocycles. The van der Waals surface area contributed by atoms with E-state index in [4.69, 9.17) is 15.5 Å². The minimum absolute atomic E-state index is 0.00241. The highest BCUT2D eigenvalue weighted by atomic mass is 32.2. The number of aromatic nitrogens is 3. The first-order chi connectivity index (χ1) is 24.7. The van der Waals surface area contributed by atoms with Crippen molar-refractivity contribution in [2.24, 2.45) is 5.92 Å². The van der Waals surface area contributed by atoms with Gasteiger partial charge < -0.3 is 15.4 Å². The number of rotatable bonds is 20. The lowest BCUT2D eigenvalue weighted by Crippen LogP contribution is -2.41. The molecular weight excluding hydrogens is 649 g/mol. The summed E-state index contributed by atoms with van der Waals surface area (Å²) in [6.45, 7) is 10.0. The molecule has 11 heteroatoms. The number of ether oxygens (including phenoxy) is 1. The number of nitrogens with zero attached hydrogens (tertiary/aromatic N) is 4. The lowest BCUT2D eigenvalue weighted by Gasteiger charge is -2.34. The van der Waals surface area contributed by atoms with Crippen molar-refractivity contribution in [2.75, 3.05) is 17.2 Å². The Hall–Kier alpha value is -3.73. The number of hydrogen-bond donors (Lipinski definition) is 2. The van der Waals surface area contributed by atoms with Crippen LogP contribution in [0.25, 0.3) is 11.3 Å². The van der Waals surface area contributed by atoms with E-state index in [-0.39, 0.29) is 34.1 Å². The zero-order valence-corrected chi connectivity index (χ0v) is 31.4. The minimum Gasteiger partial charge on any atom is -0.475 e. The van der Waals surface area contributed by atoms with E-state index < -0.39 is 27.8 Å². The third kappa shape index (κ3) is 11.1. The first kappa shape index (κ1) is 36.1. The van der Waals surface area contributed by atoms with Crippen molar-refractivity contribution in [3.8, 4) is 17.1 Å². The van der Waals surface area contributed by atoms with Crippen molar-refractivity contribution in [1.29, 1.82) is 0 Å². The zero-order valence-electron chi connectivity index (χ0n) is 32.6. The molecule has 0 radical (unpaired) electrons. The van der Waals surface area contributed by atoms with Gasteiger partial charge in [0.05, 0.1) is 17.4 Å². The van der Waals surface area contributed by atoms with Gasteiger partial charge in [-0.25, -0.2) is 28.1 Å². The number of unbranched alkanes of at least 4 members (excludes halogenated alkanes) is 11. The first-order valence-electron chi connectivity index (χ1n) is 19.4. The monoisotopic (exact) mass is 708 g/mol. The number of pyridine rings is 3. The molecule has 50 heavy (non-hydrogen) atoms. The number of hydrogen-bond acceptors (Lipinski definition) is 9. The highest BCUT2D eigenvalue weighted by Gasteiger charge is 2.40. The SMILES string of the molecule is [2H]C1([2H])[C@H](CCCCCCCCCCCCCC)CN(c2nc(-c3ccc(OC(C)C)nc3)ccc2C(=O)NS(=O)(=O)c2cccnc2N)C1(C)C. The quantitative estimate of drug-likeness (QED) is 0.110. The average Bonchev–Trinajstić information content (AvgIpc) is 3.27. The van der Waals surface area contributed by atoms with Crippen molar-refractivity contribution in [2.45, 2.75) is 141 Å². The lowest BCUT2D eigenvalue weighted by molar-refractivity contribution is 0.0981. The number of amides is 1. The second-order valence-corrected chi connectivity index (χ2v) is 15.8. The molecule has 3 aromatic rings. The fourth-order valence-corrected chi connectivity index (χ4v) is 7.57. The molecule has 1 aliphatic heterocycles. The molecule has 4 rings (SSSR count). The van der Waals surface area contributed by atoms with E-state index in [1.165, 1.54) is 82.2 Å². The summed E-state index contributed by atoms with van der Waals surface area (Å²) < 4.78 is 53.0. The van der Waals surface area contributed by atoms with E-state index >= 15 is 0 Å². The summed E-state index contributed by atoms with van der Waals surface area (Å²) >= 11 is 0. The molecule has 1 amide bonds. The van der Waals surface area contributed by atoms with Gasteiger partial charge in [-0.05, 0) is 76.7 Å². The molecular formula is C39H58N6O4S. The van der Waals surface area contributed by atoms with Gasteiger partial charge in [0.15, 0.2) is 0 Å². The van der Waals surface area contributed by atoms with Gasteiger partial charge in [0.1, 0.15) is 16.5 Å². The number of carbonyl (C=O) groups is 1. The Kier molecular flexibility index (Phi) is 13.3. The van der Waals surface area contributed by atoms with Crippen LogP contribution in [0.2, 0.25) is 0 Å². The number of nitrogen functional groups attached to an aromatic ring is 1. The van der Waals surface area contributed by atoms with Gasteiger partial charge in [0.25, 0.3) is 15.9 Å². The number of carbonyl (C=O) groups excluding carboxylic acids is 1. The number of anilines is 2. The standard InChI is InChI=1S/C39H58N6O4S/c1-6-7-8-9-10-11-12-13-14-15-16-17-19-30-26-39(4,5)45(28-30)37-32(38(46)44-50(47,48)34-20-18-25-41-36(34)40)22-23-33(43-37)31-21-24-35(42-27-31)49-29(2)3/h18,20-25,27,29-30H,6-17,19,26,28H2,1-5H3,(H2,40,41)(H,44,46)/t30-/m0/s1/i26D2. The van der Waals surface area contributed by atoms with Crippen LogP contribution in [0, 0.1) is 5.92 Å². The van der Waals surface area contributed by atoms with Gasteiger partial charge in [-0.2, -0.15) is 0 Å². The smallest absolute Gasteiger partial charge is 0.268 e. The van der Waals surface area contributed by atoms with Gasteiger partial charge in [-0.15, -0.1) is 0 Å². The molecule has 0 unspecified atom stereocenters. The maximum absolute atomic E-state index is 13.8. The molecule has 0 spiro atoms. The molecule has 274 valence electrons. The molecule has 0 aliphatic carbocycles. The van der Waals surface area contributed by atoms with Gasteiger partial charge in [-0.3, -0.25) is 4.79 Å². The Balaban J connectivity index is 1.53. The molecule has 3 aromatic heterocycles. The predicted octanol–water partition coefficient (Wildman–Crippen LogP) is 8.72. The van der Waals surface area contributed by atoms with Crippen LogP contribution in [-0.4, -0.2) is 47.5 Å². The summed E-state index contributed by atoms with van der Waals surface area (Å²) in [7, 11) is -4.38. The van der Waals surface area contributed by atoms with Crippen LogP contribution < -0.4 is 20.1 Å². The highest BCUT2D eigenvalue weighted by Crippen LogP contribution is 2.40. The van der Waals surface area contributed by atoms with Crippen LogP contribution >= 0.6 is 0 Å². The van der Waals surface area contributed by atoms with Crippen LogP contribution in [0.4, 0.5) is 11.6 Å². The largest absolute Gasteiger partial charge is 0.475 e. The predicted molar refractivity (Wildman–Crippen MR) is 202 cm³/mol. The maximum atomic E-state index is 13.8. The van der Waals surface area contributed by atoms with E-state index in [1.54, 1.807) is 18.3 Å². The number of nitrogens with one attached hydrogen (secondary N) is 1. The Morgan fingerprint density at radius 3 is 2.26 bits per heavy atom. The summed E-state index contributed by atoms with van der Waals surface area (Å²) in [5.74, 6) is -0.803. The average molecular weight is 709 g/mol. The Labute approximate surface area is 302 Å². The summed E-state index contributed by atoms with van der Waals surface area (Å²) in [5.41, 5.74) is 5.92. The van der Waals surface area contributed by atoms with Crippen molar-refractivity contribution < 1.29 is 20.7 Å². The van der Waals surface area contributed by atoms with Crippen LogP contribution in [0.3, 0.4) is 0 Å². The first-order valence-corrected chi connectivity index (χ1v) is 19.9. The van der Waals surface area contributed by atoms with Crippen molar-refractivity contribution in [1.82, 2.24) is 19.7 Å². The zero-order chi connectivity index (χ0) is 37.9. The van der Waals surface area contributed by atoms with Crippen molar-refractivity contribution >= 4 is 27.6 Å². The van der Waals surface area contributed by atoms with Gasteiger partial charge in [0, 0.05) is 38.8 Å². The Morgan fingerprint density at radius 1 is 1.00 bits per heavy atom. The Morgan fingerprint density at radius 2 is 1.66 bits per heavy atom. The second-order valence-electron chi connectivity index (χ2n) is 14.1. The van der Waals surface area contributed by atoms with Crippen LogP contribution in [0.1, 0.15) is 138 Å². The van der Waals surface area contributed by atoms with Crippen LogP contribution in [0.15, 0.2) is 53.7 Å². The van der Waals surface area contributed by atoms with E-state index in [1.807, 2.05) is 38.7 Å². The summed E-state index contributed by atoms with van der Waals surface area (Å²) in [6, 6.07) is 9.41. The molecule has 10 nitrogen and oxygen atoms in total. The minimum atomic E-state index is -4.38. The van der Waals surface area contributed by atoms with Crippen LogP contribution in [-0.2, 0) is 10.0 Å². The lowest BCUT2D eigenvalue weighted by atomic mass is 9.92. The number of sulfonamides is 1. The fourth-order valence-electron chi connectivity index (χ4n) is 6.52. The third-order valence-electron chi connectivity index (χ3n) is 9.12. The van der Waals surface area contributed by atoms with E-state index in [9.17, 15) is 16.0 Å². The number of nitrogens with two attached hydrogens (primary N) is 1. The van der Waals surface area contributed by atoms with Gasteiger partial charge in [-0.1, -0.05) is 84.0 Å². The Bertz CT molecular complexity index is 1720. The second kappa shape index (κ2) is 18.5. The van der Waals surface area contributed by atoms with Crippen molar-refractivity contribution in [3.05, 3.63) is 54.4 Å². The van der Waals surface area contributed by atoms with E-state index in [0.717, 1.165) is 19.3 Å². The summed E-state index contributed by atoms with van der Waals surface area (Å²) in [5, 5.41) is 0. The van der Waals surface area contributed by atoms with E-state index in [2.05, 4.69) is 21.6 Å². The summed E-state index contributed by atoms with van der Waals surface area (Å²) in [6.07, 6.45) is 16.8. The van der Waals surface area contributed by atoms with Gasteiger partial charge in [0.2, 0.25) is 5.88 Å². The molecule has 0 saturated carbocycles. The molecule has 3 N–H and O–H groups in total. The highest BCUT2D eigenvalue weighted by molar-refractivity contribution is 7.90. The topological polar surface area (TPSA) is 140 Å². The normalized spacial score (nSPS) is 17.4. The van der Waals surface area contributed by atoms with E-state index in [0.29, 0.717) is 30.1 Å². The fraction of sp³-hybridized carbons (Fsp3) is 0.590. The molecule has 1 atom stereocenters.